The van der Waals surface area contributed by atoms with Gasteiger partial charge in [-0.3, -0.25) is 4.79 Å². The van der Waals surface area contributed by atoms with E-state index < -0.39 is 15.9 Å². The van der Waals surface area contributed by atoms with Crippen molar-refractivity contribution in [1.82, 2.24) is 4.31 Å². The number of nitrogens with zero attached hydrogens (tertiary/aromatic N) is 1. The van der Waals surface area contributed by atoms with E-state index in [2.05, 4.69) is 43.8 Å². The van der Waals surface area contributed by atoms with Gasteiger partial charge in [-0.15, -0.1) is 0 Å². The molecule has 1 N–H and O–H groups in total. The van der Waals surface area contributed by atoms with E-state index in [1.54, 1.807) is 12.1 Å². The van der Waals surface area contributed by atoms with Crippen molar-refractivity contribution in [1.29, 1.82) is 0 Å². The molecule has 0 saturated heterocycles. The molecule has 9 heteroatoms. The molecule has 0 aliphatic rings. The van der Waals surface area contributed by atoms with E-state index in [1.807, 2.05) is 36.4 Å². The largest absolute Gasteiger partial charge is 0.325 e. The van der Waals surface area contributed by atoms with E-state index in [9.17, 15) is 13.2 Å². The highest BCUT2D eigenvalue weighted by Gasteiger charge is 2.27. The van der Waals surface area contributed by atoms with Crippen LogP contribution in [0.1, 0.15) is 5.56 Å². The number of hydrogen-bond acceptors (Lipinski definition) is 3. The first-order valence-corrected chi connectivity index (χ1v) is 12.5. The Labute approximate surface area is 202 Å². The summed E-state index contributed by atoms with van der Waals surface area (Å²) in [5.41, 5.74) is 1.37. The number of rotatable bonds is 7. The summed E-state index contributed by atoms with van der Waals surface area (Å²) in [7, 11) is -3.92. The molecule has 0 aliphatic carbocycles. The number of carbonyl (C=O) groups is 1. The Kier molecular flexibility index (Phi) is 7.92. The van der Waals surface area contributed by atoms with Crippen molar-refractivity contribution in [2.75, 3.05) is 11.9 Å². The van der Waals surface area contributed by atoms with Crippen LogP contribution in [0.2, 0.25) is 5.02 Å². The molecule has 0 saturated carbocycles. The van der Waals surface area contributed by atoms with Gasteiger partial charge in [-0.05, 0) is 88.8 Å². The van der Waals surface area contributed by atoms with Gasteiger partial charge in [0.15, 0.2) is 0 Å². The molecule has 1 amide bonds. The SMILES string of the molecule is O=C(CN(Cc1ccc(Br)cc1)S(=O)(=O)c1ccc(Cl)cc1)Nc1ccc(I)cc1. The van der Waals surface area contributed by atoms with Gasteiger partial charge < -0.3 is 5.32 Å². The van der Waals surface area contributed by atoms with Crippen LogP contribution in [-0.4, -0.2) is 25.2 Å². The highest BCUT2D eigenvalue weighted by Crippen LogP contribution is 2.22. The van der Waals surface area contributed by atoms with Crippen molar-refractivity contribution < 1.29 is 13.2 Å². The van der Waals surface area contributed by atoms with Gasteiger partial charge in [0, 0.05) is 25.3 Å². The summed E-state index contributed by atoms with van der Waals surface area (Å²) >= 11 is 11.4. The second-order valence-corrected chi connectivity index (χ2v) is 10.9. The molecule has 0 atom stereocenters. The maximum atomic E-state index is 13.2. The van der Waals surface area contributed by atoms with Crippen molar-refractivity contribution in [2.24, 2.45) is 0 Å². The summed E-state index contributed by atoms with van der Waals surface area (Å²) in [6, 6.07) is 20.4. The number of amides is 1. The van der Waals surface area contributed by atoms with Crippen molar-refractivity contribution in [2.45, 2.75) is 11.4 Å². The molecule has 0 unspecified atom stereocenters. The predicted octanol–water partition coefficient (Wildman–Crippen LogP) is 5.54. The van der Waals surface area contributed by atoms with Crippen LogP contribution in [0.5, 0.6) is 0 Å². The van der Waals surface area contributed by atoms with E-state index in [0.29, 0.717) is 10.7 Å². The second-order valence-electron chi connectivity index (χ2n) is 6.41. The number of anilines is 1. The van der Waals surface area contributed by atoms with Gasteiger partial charge in [0.1, 0.15) is 0 Å². The van der Waals surface area contributed by atoms with E-state index >= 15 is 0 Å². The Hall–Kier alpha value is -1.46. The summed E-state index contributed by atoms with van der Waals surface area (Å²) in [4.78, 5) is 12.7. The third kappa shape index (κ3) is 6.27. The Morgan fingerprint density at radius 2 is 1.57 bits per heavy atom. The second kappa shape index (κ2) is 10.2. The van der Waals surface area contributed by atoms with Gasteiger partial charge in [0.05, 0.1) is 11.4 Å². The molecule has 0 spiro atoms. The zero-order valence-electron chi connectivity index (χ0n) is 15.6. The summed E-state index contributed by atoms with van der Waals surface area (Å²) in [5, 5.41) is 3.19. The molecule has 0 aliphatic heterocycles. The molecule has 0 radical (unpaired) electrons. The molecule has 156 valence electrons. The Morgan fingerprint density at radius 3 is 2.17 bits per heavy atom. The lowest BCUT2D eigenvalue weighted by atomic mass is 10.2. The van der Waals surface area contributed by atoms with Crippen LogP contribution < -0.4 is 5.32 Å². The first-order chi connectivity index (χ1) is 14.2. The average Bonchev–Trinajstić information content (AvgIpc) is 2.71. The summed E-state index contributed by atoms with van der Waals surface area (Å²) in [5.74, 6) is -0.425. The van der Waals surface area contributed by atoms with E-state index in [4.69, 9.17) is 11.6 Å². The third-order valence-electron chi connectivity index (χ3n) is 4.17. The van der Waals surface area contributed by atoms with Crippen molar-refractivity contribution in [3.63, 3.8) is 0 Å². The molecule has 0 heterocycles. The van der Waals surface area contributed by atoms with Crippen LogP contribution in [0.15, 0.2) is 82.2 Å². The smallest absolute Gasteiger partial charge is 0.243 e. The normalized spacial score (nSPS) is 11.5. The van der Waals surface area contributed by atoms with Gasteiger partial charge in [-0.25, -0.2) is 8.42 Å². The molecule has 3 aromatic carbocycles. The quantitative estimate of drug-likeness (QED) is 0.354. The van der Waals surface area contributed by atoms with Crippen LogP contribution in [0.3, 0.4) is 0 Å². The molecule has 3 rings (SSSR count). The van der Waals surface area contributed by atoms with Gasteiger partial charge >= 0.3 is 0 Å². The fourth-order valence-electron chi connectivity index (χ4n) is 2.67. The lowest BCUT2D eigenvalue weighted by molar-refractivity contribution is -0.116. The van der Waals surface area contributed by atoms with Crippen LogP contribution in [0.4, 0.5) is 5.69 Å². The van der Waals surface area contributed by atoms with Crippen LogP contribution in [0.25, 0.3) is 0 Å². The number of carbonyl (C=O) groups excluding carboxylic acids is 1. The van der Waals surface area contributed by atoms with Crippen molar-refractivity contribution in [3.05, 3.63) is 91.4 Å². The van der Waals surface area contributed by atoms with Gasteiger partial charge in [0.25, 0.3) is 0 Å². The van der Waals surface area contributed by atoms with Crippen molar-refractivity contribution in [3.8, 4) is 0 Å². The van der Waals surface area contributed by atoms with Crippen LogP contribution in [0, 0.1) is 3.57 Å². The average molecular weight is 620 g/mol. The maximum Gasteiger partial charge on any atom is 0.243 e. The molecule has 0 bridgehead atoms. The Morgan fingerprint density at radius 1 is 0.967 bits per heavy atom. The standard InChI is InChI=1S/C21H17BrClIN2O3S/c22-16-3-1-15(2-4-16)13-26(30(28,29)20-11-5-17(23)6-12-20)14-21(27)25-19-9-7-18(24)8-10-19/h1-12H,13-14H2,(H,25,27). The number of nitrogens with one attached hydrogen (secondary N) is 1. The van der Waals surface area contributed by atoms with Crippen LogP contribution >= 0.6 is 50.1 Å². The highest BCUT2D eigenvalue weighted by molar-refractivity contribution is 14.1. The van der Waals surface area contributed by atoms with Gasteiger partial charge in [0.2, 0.25) is 15.9 Å². The van der Waals surface area contributed by atoms with E-state index in [0.717, 1.165) is 17.9 Å². The fourth-order valence-corrected chi connectivity index (χ4v) is 4.80. The van der Waals surface area contributed by atoms with E-state index in [-0.39, 0.29) is 18.0 Å². The number of halogens is 3. The number of benzene rings is 3. The zero-order valence-corrected chi connectivity index (χ0v) is 20.9. The lowest BCUT2D eigenvalue weighted by Crippen LogP contribution is -2.37. The fraction of sp³-hybridized carbons (Fsp3) is 0.0952. The minimum absolute atomic E-state index is 0.0539. The highest BCUT2D eigenvalue weighted by atomic mass is 127. The summed E-state index contributed by atoms with van der Waals surface area (Å²) in [6.07, 6.45) is 0. The first kappa shape index (κ1) is 23.2. The van der Waals surface area contributed by atoms with Gasteiger partial charge in [-0.1, -0.05) is 39.7 Å². The maximum absolute atomic E-state index is 13.2. The molecule has 5 nitrogen and oxygen atoms in total. The third-order valence-corrected chi connectivity index (χ3v) is 7.48. The monoisotopic (exact) mass is 618 g/mol. The lowest BCUT2D eigenvalue weighted by Gasteiger charge is -2.22. The molecule has 0 fully saturated rings. The molecule has 3 aromatic rings. The minimum atomic E-state index is -3.92. The molecule has 30 heavy (non-hydrogen) atoms. The van der Waals surface area contributed by atoms with Crippen LogP contribution in [-0.2, 0) is 21.4 Å². The molecular weight excluding hydrogens is 603 g/mol. The Bertz CT molecular complexity index is 1120. The minimum Gasteiger partial charge on any atom is -0.325 e. The number of sulfonamides is 1. The molecule has 0 aromatic heterocycles. The first-order valence-electron chi connectivity index (χ1n) is 8.79. The van der Waals surface area contributed by atoms with E-state index in [1.165, 1.54) is 24.3 Å². The van der Waals surface area contributed by atoms with Gasteiger partial charge in [-0.2, -0.15) is 4.31 Å². The zero-order chi connectivity index (χ0) is 21.7. The Balaban J connectivity index is 1.86. The summed E-state index contributed by atoms with van der Waals surface area (Å²) in [6.45, 7) is -0.272. The topological polar surface area (TPSA) is 66.5 Å². The van der Waals surface area contributed by atoms with Crippen molar-refractivity contribution >= 4 is 71.7 Å². The molecular formula is C21H17BrClIN2O3S. The predicted molar refractivity (Wildman–Crippen MR) is 131 cm³/mol. The summed E-state index contributed by atoms with van der Waals surface area (Å²) < 4.78 is 29.6. The number of hydrogen-bond donors (Lipinski definition) is 1.